The lowest BCUT2D eigenvalue weighted by molar-refractivity contribution is -0.139. The molecule has 5 nitrogen and oxygen atoms in total. The van der Waals surface area contributed by atoms with Crippen molar-refractivity contribution in [2.45, 2.75) is 71.1 Å². The quantitative estimate of drug-likeness (QED) is 0.186. The third-order valence-corrected chi connectivity index (χ3v) is 3.66. The van der Waals surface area contributed by atoms with Gasteiger partial charge in [-0.2, -0.15) is 5.26 Å². The molecule has 0 radical (unpaired) electrons. The zero-order chi connectivity index (χ0) is 18.8. The van der Waals surface area contributed by atoms with E-state index in [2.05, 4.69) is 6.58 Å². The first-order valence-corrected chi connectivity index (χ1v) is 9.13. The van der Waals surface area contributed by atoms with Crippen LogP contribution in [0.4, 0.5) is 0 Å². The van der Waals surface area contributed by atoms with Crippen LogP contribution in [0.5, 0.6) is 0 Å². The Morgan fingerprint density at radius 3 is 1.76 bits per heavy atom. The van der Waals surface area contributed by atoms with Crippen molar-refractivity contribution >= 4 is 11.9 Å². The van der Waals surface area contributed by atoms with Crippen LogP contribution in [0.25, 0.3) is 0 Å². The highest BCUT2D eigenvalue weighted by molar-refractivity contribution is 5.86. The molecule has 0 aliphatic rings. The molecule has 0 aliphatic heterocycles. The average molecular weight is 349 g/mol. The van der Waals surface area contributed by atoms with Gasteiger partial charge in [-0.25, -0.2) is 9.59 Å². The fraction of sp³-hybridized carbons (Fsp3) is 0.650. The standard InChI is InChI=1S/C20H31NO4/c1-18(2)20(23)25-17-12-10-8-6-4-3-5-7-9-11-16-24-19(22)14-13-15-21/h13-14H,1,3-12,16-17H2,2H3. The maximum atomic E-state index is 11.2. The Kier molecular flexibility index (Phi) is 15.4. The molecule has 0 spiro atoms. The topological polar surface area (TPSA) is 76.4 Å². The van der Waals surface area contributed by atoms with E-state index < -0.39 is 5.97 Å². The molecule has 0 aromatic heterocycles. The number of hydrogen-bond donors (Lipinski definition) is 0. The molecule has 0 heterocycles. The third kappa shape index (κ3) is 16.5. The van der Waals surface area contributed by atoms with E-state index in [4.69, 9.17) is 14.7 Å². The summed E-state index contributed by atoms with van der Waals surface area (Å²) in [5.74, 6) is -0.746. The van der Waals surface area contributed by atoms with E-state index in [9.17, 15) is 9.59 Å². The van der Waals surface area contributed by atoms with E-state index >= 15 is 0 Å². The number of ether oxygens (including phenoxy) is 2. The zero-order valence-corrected chi connectivity index (χ0v) is 15.4. The predicted octanol–water partition coefficient (Wildman–Crippen LogP) is 4.63. The first kappa shape index (κ1) is 22.9. The van der Waals surface area contributed by atoms with Gasteiger partial charge in [0.2, 0.25) is 0 Å². The summed E-state index contributed by atoms with van der Waals surface area (Å²) in [6.45, 7) is 6.11. The zero-order valence-electron chi connectivity index (χ0n) is 15.4. The molecule has 0 aromatic carbocycles. The van der Waals surface area contributed by atoms with E-state index in [0.717, 1.165) is 44.3 Å². The molecular formula is C20H31NO4. The maximum Gasteiger partial charge on any atom is 0.333 e. The summed E-state index contributed by atoms with van der Waals surface area (Å²) in [6, 6.07) is 1.75. The normalized spacial score (nSPS) is 10.4. The van der Waals surface area contributed by atoms with Crippen LogP contribution in [0.1, 0.15) is 71.1 Å². The van der Waals surface area contributed by atoms with E-state index in [1.807, 2.05) is 0 Å². The Morgan fingerprint density at radius 2 is 1.32 bits per heavy atom. The van der Waals surface area contributed by atoms with Crippen molar-refractivity contribution in [3.63, 3.8) is 0 Å². The van der Waals surface area contributed by atoms with E-state index in [1.165, 1.54) is 32.1 Å². The van der Waals surface area contributed by atoms with Crippen molar-refractivity contribution in [1.29, 1.82) is 5.26 Å². The lowest BCUT2D eigenvalue weighted by atomic mass is 10.1. The molecule has 25 heavy (non-hydrogen) atoms. The molecule has 0 rings (SSSR count). The maximum absolute atomic E-state index is 11.2. The fourth-order valence-corrected chi connectivity index (χ4v) is 2.23. The molecule has 140 valence electrons. The Hall–Kier alpha value is -2.09. The van der Waals surface area contributed by atoms with Gasteiger partial charge in [0, 0.05) is 17.7 Å². The van der Waals surface area contributed by atoms with Gasteiger partial charge in [-0.15, -0.1) is 0 Å². The van der Waals surface area contributed by atoms with Crippen LogP contribution in [0.3, 0.4) is 0 Å². The monoisotopic (exact) mass is 349 g/mol. The fourth-order valence-electron chi connectivity index (χ4n) is 2.23. The van der Waals surface area contributed by atoms with Crippen molar-refractivity contribution in [2.24, 2.45) is 0 Å². The summed E-state index contributed by atoms with van der Waals surface area (Å²) in [6.07, 6.45) is 13.4. The molecule has 0 fully saturated rings. The Morgan fingerprint density at radius 1 is 0.880 bits per heavy atom. The molecule has 0 amide bonds. The molecule has 5 heteroatoms. The lowest BCUT2D eigenvalue weighted by Gasteiger charge is -2.05. The molecule has 0 bridgehead atoms. The molecule has 0 unspecified atom stereocenters. The number of rotatable bonds is 15. The second-order valence-electron chi connectivity index (χ2n) is 6.08. The molecule has 0 N–H and O–H groups in total. The second-order valence-corrected chi connectivity index (χ2v) is 6.08. The van der Waals surface area contributed by atoms with E-state index in [1.54, 1.807) is 13.0 Å². The average Bonchev–Trinajstić information content (AvgIpc) is 2.59. The lowest BCUT2D eigenvalue weighted by Crippen LogP contribution is -2.05. The molecular weight excluding hydrogens is 318 g/mol. The molecule has 0 aromatic rings. The molecule has 0 saturated carbocycles. The van der Waals surface area contributed by atoms with Crippen molar-refractivity contribution in [1.82, 2.24) is 0 Å². The van der Waals surface area contributed by atoms with Crippen LogP contribution in [0, 0.1) is 11.3 Å². The Labute approximate surface area is 151 Å². The van der Waals surface area contributed by atoms with Crippen molar-refractivity contribution < 1.29 is 19.1 Å². The number of esters is 2. The SMILES string of the molecule is C=C(C)C(=O)OCCCCCCCCCCCCOC(=O)C=CC#N. The number of nitrogens with zero attached hydrogens (tertiary/aromatic N) is 1. The van der Waals surface area contributed by atoms with Gasteiger partial charge in [0.1, 0.15) is 0 Å². The third-order valence-electron chi connectivity index (χ3n) is 3.66. The minimum Gasteiger partial charge on any atom is -0.463 e. The van der Waals surface area contributed by atoms with Gasteiger partial charge >= 0.3 is 11.9 Å². The number of hydrogen-bond acceptors (Lipinski definition) is 5. The first-order chi connectivity index (χ1) is 12.1. The molecule has 0 atom stereocenters. The largest absolute Gasteiger partial charge is 0.463 e. The van der Waals surface area contributed by atoms with Gasteiger partial charge in [0.05, 0.1) is 19.3 Å². The first-order valence-electron chi connectivity index (χ1n) is 9.13. The van der Waals surface area contributed by atoms with Gasteiger partial charge < -0.3 is 9.47 Å². The number of nitriles is 1. The highest BCUT2D eigenvalue weighted by Crippen LogP contribution is 2.11. The number of unbranched alkanes of at least 4 members (excludes halogenated alkanes) is 9. The number of carbonyl (C=O) groups is 2. The van der Waals surface area contributed by atoms with Gasteiger partial charge in [-0.05, 0) is 19.8 Å². The van der Waals surface area contributed by atoms with Gasteiger partial charge in [0.15, 0.2) is 0 Å². The minimum absolute atomic E-state index is 0.298. The van der Waals surface area contributed by atoms with Crippen LogP contribution in [0.15, 0.2) is 24.3 Å². The predicted molar refractivity (Wildman–Crippen MR) is 97.7 cm³/mol. The summed E-state index contributed by atoms with van der Waals surface area (Å²) in [4.78, 5) is 22.2. The van der Waals surface area contributed by atoms with Crippen molar-refractivity contribution in [3.8, 4) is 6.07 Å². The summed E-state index contributed by atoms with van der Waals surface area (Å²) in [5.41, 5.74) is 0.453. The van der Waals surface area contributed by atoms with Crippen LogP contribution in [0.2, 0.25) is 0 Å². The van der Waals surface area contributed by atoms with Gasteiger partial charge in [-0.1, -0.05) is 57.9 Å². The van der Waals surface area contributed by atoms with Crippen LogP contribution >= 0.6 is 0 Å². The van der Waals surface area contributed by atoms with E-state index in [0.29, 0.717) is 18.8 Å². The second kappa shape index (κ2) is 16.8. The van der Waals surface area contributed by atoms with Crippen molar-refractivity contribution in [3.05, 3.63) is 24.3 Å². The summed E-state index contributed by atoms with van der Waals surface area (Å²) in [5, 5.41) is 8.27. The van der Waals surface area contributed by atoms with Crippen LogP contribution in [-0.2, 0) is 19.1 Å². The highest BCUT2D eigenvalue weighted by Gasteiger charge is 2.01. The minimum atomic E-state index is -0.448. The summed E-state index contributed by atoms with van der Waals surface area (Å²) >= 11 is 0. The van der Waals surface area contributed by atoms with E-state index in [-0.39, 0.29) is 5.97 Å². The number of carbonyl (C=O) groups excluding carboxylic acids is 2. The van der Waals surface area contributed by atoms with Crippen molar-refractivity contribution in [2.75, 3.05) is 13.2 Å². The summed E-state index contributed by atoms with van der Waals surface area (Å²) in [7, 11) is 0. The Balaban J connectivity index is 3.21. The van der Waals surface area contributed by atoms with Crippen LogP contribution < -0.4 is 0 Å². The van der Waals surface area contributed by atoms with Crippen LogP contribution in [-0.4, -0.2) is 25.2 Å². The molecule has 0 aliphatic carbocycles. The van der Waals surface area contributed by atoms with Gasteiger partial charge in [0.25, 0.3) is 0 Å². The number of allylic oxidation sites excluding steroid dienone is 1. The Bertz CT molecular complexity index is 463. The smallest absolute Gasteiger partial charge is 0.333 e. The summed E-state index contributed by atoms with van der Waals surface area (Å²) < 4.78 is 9.99. The highest BCUT2D eigenvalue weighted by atomic mass is 16.5. The van der Waals surface area contributed by atoms with Gasteiger partial charge in [-0.3, -0.25) is 0 Å². The molecule has 0 saturated heterocycles.